The number of hydrogen-bond donors (Lipinski definition) is 2. The third-order valence-corrected chi connectivity index (χ3v) is 3.30. The maximum atomic E-state index is 11.6. The Labute approximate surface area is 135 Å². The minimum absolute atomic E-state index is 0.134. The third kappa shape index (κ3) is 4.55. The van der Waals surface area contributed by atoms with E-state index >= 15 is 0 Å². The highest BCUT2D eigenvalue weighted by molar-refractivity contribution is 5.75. The third-order valence-electron chi connectivity index (χ3n) is 3.30. The molecule has 0 bridgehead atoms. The summed E-state index contributed by atoms with van der Waals surface area (Å²) < 4.78 is 10.4. The molecule has 2 aromatic carbocycles. The number of esters is 1. The molecule has 2 N–H and O–H groups in total. The van der Waals surface area contributed by atoms with Crippen LogP contribution in [0.1, 0.15) is 24.2 Å². The normalized spacial score (nSPS) is 13.2. The zero-order valence-corrected chi connectivity index (χ0v) is 12.9. The summed E-state index contributed by atoms with van der Waals surface area (Å²) in [7, 11) is 0. The van der Waals surface area contributed by atoms with Crippen molar-refractivity contribution in [3.8, 4) is 5.75 Å². The fourth-order valence-electron chi connectivity index (χ4n) is 2.12. The zero-order valence-electron chi connectivity index (χ0n) is 12.9. The molecule has 0 aromatic heterocycles. The topological polar surface area (TPSA) is 76.0 Å². The van der Waals surface area contributed by atoms with Gasteiger partial charge in [-0.2, -0.15) is 0 Å². The molecule has 0 saturated carbocycles. The SMILES string of the molecule is CCOC(=O)[C@H](O)[C@@H](O)c1ccccc1OCc1ccccc1. The fraction of sp³-hybridized carbons (Fsp3) is 0.278. The molecule has 0 radical (unpaired) electrons. The van der Waals surface area contributed by atoms with Crippen LogP contribution >= 0.6 is 0 Å². The molecule has 5 nitrogen and oxygen atoms in total. The first-order valence-electron chi connectivity index (χ1n) is 7.42. The van der Waals surface area contributed by atoms with Crippen LogP contribution in [0, 0.1) is 0 Å². The van der Waals surface area contributed by atoms with E-state index in [-0.39, 0.29) is 6.61 Å². The van der Waals surface area contributed by atoms with Crippen molar-refractivity contribution in [2.24, 2.45) is 0 Å². The molecule has 0 unspecified atom stereocenters. The lowest BCUT2D eigenvalue weighted by molar-refractivity contribution is -0.159. The van der Waals surface area contributed by atoms with E-state index in [0.717, 1.165) is 5.56 Å². The second-order valence-corrected chi connectivity index (χ2v) is 4.95. The number of rotatable bonds is 7. The van der Waals surface area contributed by atoms with Crippen LogP contribution in [-0.4, -0.2) is 28.9 Å². The van der Waals surface area contributed by atoms with Gasteiger partial charge in [0.1, 0.15) is 18.5 Å². The number of aliphatic hydroxyl groups is 2. The first-order chi connectivity index (χ1) is 11.1. The van der Waals surface area contributed by atoms with E-state index in [1.807, 2.05) is 30.3 Å². The summed E-state index contributed by atoms with van der Waals surface area (Å²) in [6, 6.07) is 16.3. The van der Waals surface area contributed by atoms with Crippen LogP contribution in [0.2, 0.25) is 0 Å². The minimum atomic E-state index is -1.66. The van der Waals surface area contributed by atoms with Crippen LogP contribution in [0.3, 0.4) is 0 Å². The molecule has 0 amide bonds. The largest absolute Gasteiger partial charge is 0.489 e. The van der Waals surface area contributed by atoms with Crippen LogP contribution in [0.5, 0.6) is 5.75 Å². The van der Waals surface area contributed by atoms with Crippen molar-refractivity contribution in [2.45, 2.75) is 25.7 Å². The second kappa shape index (κ2) is 8.31. The van der Waals surface area contributed by atoms with Crippen molar-refractivity contribution < 1.29 is 24.5 Å². The summed E-state index contributed by atoms with van der Waals surface area (Å²) in [4.78, 5) is 11.6. The van der Waals surface area contributed by atoms with Crippen molar-refractivity contribution >= 4 is 5.97 Å². The molecule has 0 heterocycles. The van der Waals surface area contributed by atoms with Gasteiger partial charge in [-0.3, -0.25) is 0 Å². The summed E-state index contributed by atoms with van der Waals surface area (Å²) in [5.41, 5.74) is 1.31. The molecule has 0 aliphatic carbocycles. The Morgan fingerprint density at radius 2 is 1.70 bits per heavy atom. The standard InChI is InChI=1S/C18H20O5/c1-2-22-18(21)17(20)16(19)14-10-6-7-11-15(14)23-12-13-8-4-3-5-9-13/h3-11,16-17,19-20H,2,12H2,1H3/t16-,17+/m0/s1. The predicted molar refractivity (Wildman–Crippen MR) is 84.8 cm³/mol. The van der Waals surface area contributed by atoms with Crippen molar-refractivity contribution in [1.29, 1.82) is 0 Å². The Bertz CT molecular complexity index is 626. The van der Waals surface area contributed by atoms with Gasteiger partial charge >= 0.3 is 5.97 Å². The Balaban J connectivity index is 2.11. The molecular formula is C18H20O5. The lowest BCUT2D eigenvalue weighted by Gasteiger charge is -2.19. The monoisotopic (exact) mass is 316 g/mol. The Hall–Kier alpha value is -2.37. The van der Waals surface area contributed by atoms with Gasteiger partial charge in [-0.1, -0.05) is 48.5 Å². The van der Waals surface area contributed by atoms with Gasteiger partial charge in [-0.15, -0.1) is 0 Å². The van der Waals surface area contributed by atoms with Gasteiger partial charge in [0.05, 0.1) is 6.61 Å². The molecule has 0 saturated heterocycles. The summed E-state index contributed by atoms with van der Waals surface area (Å²) in [5, 5.41) is 20.1. The summed E-state index contributed by atoms with van der Waals surface area (Å²) in [6.45, 7) is 2.09. The van der Waals surface area contributed by atoms with Gasteiger partial charge in [0.2, 0.25) is 0 Å². The molecule has 122 valence electrons. The molecule has 2 rings (SSSR count). The van der Waals surface area contributed by atoms with Crippen LogP contribution in [0.25, 0.3) is 0 Å². The predicted octanol–water partition coefficient (Wildman–Crippen LogP) is 2.22. The van der Waals surface area contributed by atoms with Crippen LogP contribution in [0.15, 0.2) is 54.6 Å². The molecule has 0 fully saturated rings. The summed E-state index contributed by atoms with van der Waals surface area (Å²) >= 11 is 0. The van der Waals surface area contributed by atoms with Gasteiger partial charge in [0, 0.05) is 5.56 Å². The van der Waals surface area contributed by atoms with Gasteiger partial charge < -0.3 is 19.7 Å². The zero-order chi connectivity index (χ0) is 16.7. The molecule has 0 aliphatic heterocycles. The number of carbonyl (C=O) groups is 1. The van der Waals surface area contributed by atoms with Gasteiger partial charge in [-0.05, 0) is 18.6 Å². The molecule has 0 aliphatic rings. The highest BCUT2D eigenvalue weighted by Gasteiger charge is 2.29. The second-order valence-electron chi connectivity index (χ2n) is 4.95. The van der Waals surface area contributed by atoms with Crippen LogP contribution < -0.4 is 4.74 Å². The van der Waals surface area contributed by atoms with Gasteiger partial charge in [0.15, 0.2) is 6.10 Å². The number of ether oxygens (including phenoxy) is 2. The first-order valence-corrected chi connectivity index (χ1v) is 7.42. The molecule has 2 aromatic rings. The maximum absolute atomic E-state index is 11.6. The molecule has 2 atom stereocenters. The van der Waals surface area contributed by atoms with Crippen molar-refractivity contribution in [2.75, 3.05) is 6.61 Å². The minimum Gasteiger partial charge on any atom is -0.489 e. The lowest BCUT2D eigenvalue weighted by atomic mass is 10.0. The van der Waals surface area contributed by atoms with Gasteiger partial charge in [0.25, 0.3) is 0 Å². The first kappa shape index (κ1) is 17.0. The van der Waals surface area contributed by atoms with Gasteiger partial charge in [-0.25, -0.2) is 4.79 Å². The molecule has 23 heavy (non-hydrogen) atoms. The van der Waals surface area contributed by atoms with Crippen molar-refractivity contribution in [3.05, 3.63) is 65.7 Å². The highest BCUT2D eigenvalue weighted by Crippen LogP contribution is 2.28. The van der Waals surface area contributed by atoms with E-state index in [1.54, 1.807) is 31.2 Å². The van der Waals surface area contributed by atoms with E-state index in [2.05, 4.69) is 0 Å². The Morgan fingerprint density at radius 1 is 1.04 bits per heavy atom. The number of aliphatic hydroxyl groups excluding tert-OH is 2. The number of para-hydroxylation sites is 1. The quantitative estimate of drug-likeness (QED) is 0.766. The number of hydrogen-bond acceptors (Lipinski definition) is 5. The van der Waals surface area contributed by atoms with Crippen LogP contribution in [0.4, 0.5) is 0 Å². The van der Waals surface area contributed by atoms with E-state index in [0.29, 0.717) is 17.9 Å². The summed E-state index contributed by atoms with van der Waals surface area (Å²) in [6.07, 6.45) is -3.07. The fourth-order valence-corrected chi connectivity index (χ4v) is 2.12. The van der Waals surface area contributed by atoms with E-state index in [4.69, 9.17) is 9.47 Å². The number of carbonyl (C=O) groups excluding carboxylic acids is 1. The molecule has 5 heteroatoms. The van der Waals surface area contributed by atoms with Crippen molar-refractivity contribution in [3.63, 3.8) is 0 Å². The number of benzene rings is 2. The average molecular weight is 316 g/mol. The smallest absolute Gasteiger partial charge is 0.338 e. The lowest BCUT2D eigenvalue weighted by Crippen LogP contribution is -2.30. The van der Waals surface area contributed by atoms with E-state index in [1.165, 1.54) is 0 Å². The maximum Gasteiger partial charge on any atom is 0.338 e. The Kier molecular flexibility index (Phi) is 6.14. The van der Waals surface area contributed by atoms with Crippen LogP contribution in [-0.2, 0) is 16.1 Å². The highest BCUT2D eigenvalue weighted by atomic mass is 16.5. The van der Waals surface area contributed by atoms with Crippen molar-refractivity contribution in [1.82, 2.24) is 0 Å². The molecule has 0 spiro atoms. The Morgan fingerprint density at radius 3 is 2.39 bits per heavy atom. The van der Waals surface area contributed by atoms with E-state index in [9.17, 15) is 15.0 Å². The summed E-state index contributed by atoms with van der Waals surface area (Å²) in [5.74, 6) is -0.454. The van der Waals surface area contributed by atoms with E-state index < -0.39 is 18.2 Å². The average Bonchev–Trinajstić information content (AvgIpc) is 2.60. The molecular weight excluding hydrogens is 296 g/mol.